The van der Waals surface area contributed by atoms with Crippen molar-refractivity contribution < 1.29 is 24.3 Å². The summed E-state index contributed by atoms with van der Waals surface area (Å²) < 4.78 is 0. The molecule has 1 fully saturated rings. The van der Waals surface area contributed by atoms with Gasteiger partial charge in [0, 0.05) is 29.9 Å². The number of carboxylic acid groups (broad SMARTS) is 1. The van der Waals surface area contributed by atoms with Gasteiger partial charge in [-0.25, -0.2) is 0 Å². The van der Waals surface area contributed by atoms with Crippen LogP contribution >= 0.6 is 0 Å². The van der Waals surface area contributed by atoms with Crippen molar-refractivity contribution in [3.63, 3.8) is 0 Å². The van der Waals surface area contributed by atoms with Crippen molar-refractivity contribution >= 4 is 40.4 Å². The number of benzene rings is 1. The molecule has 14 nitrogen and oxygen atoms in total. The molecule has 14 heteroatoms. The summed E-state index contributed by atoms with van der Waals surface area (Å²) >= 11 is 0. The van der Waals surface area contributed by atoms with E-state index in [1.54, 1.807) is 6.20 Å². The highest BCUT2D eigenvalue weighted by Crippen LogP contribution is 2.20. The molecular formula is C26H37N9O5. The van der Waals surface area contributed by atoms with Crippen LogP contribution in [0, 0.1) is 11.4 Å². The lowest BCUT2D eigenvalue weighted by Crippen LogP contribution is -2.55. The zero-order valence-electron chi connectivity index (χ0n) is 22.2. The van der Waals surface area contributed by atoms with E-state index in [1.165, 1.54) is 0 Å². The fourth-order valence-corrected chi connectivity index (χ4v) is 4.77. The number of nitrogens with one attached hydrogen (secondary N) is 6. The number of aromatic nitrogens is 1. The Hall–Kier alpha value is -4.33. The van der Waals surface area contributed by atoms with Gasteiger partial charge in [0.2, 0.25) is 17.7 Å². The van der Waals surface area contributed by atoms with E-state index in [9.17, 15) is 24.3 Å². The Morgan fingerprint density at radius 2 is 1.85 bits per heavy atom. The minimum atomic E-state index is -1.44. The highest BCUT2D eigenvalue weighted by atomic mass is 16.4. The number of para-hydroxylation sites is 1. The van der Waals surface area contributed by atoms with Crippen LogP contribution in [0.5, 0.6) is 0 Å². The van der Waals surface area contributed by atoms with Gasteiger partial charge in [0.05, 0.1) is 19.0 Å². The Labute approximate surface area is 231 Å². The SMILES string of the molecule is N=NN=C(N)C(Cc1c[nH]c2ccccc12)NC(=O)C(CC(=O)O)NC(=O)CNC(=O)CCCC1CCNCC1. The summed E-state index contributed by atoms with van der Waals surface area (Å²) in [6, 6.07) is 5.12. The second kappa shape index (κ2) is 15.3. The number of carboxylic acids is 1. The molecule has 0 aliphatic carbocycles. The number of piperidine rings is 1. The fourth-order valence-electron chi connectivity index (χ4n) is 4.77. The van der Waals surface area contributed by atoms with Crippen molar-refractivity contribution in [1.29, 1.82) is 5.53 Å². The second-order valence-corrected chi connectivity index (χ2v) is 9.83. The molecule has 1 aliphatic rings. The Balaban J connectivity index is 1.56. The predicted molar refractivity (Wildman–Crippen MR) is 147 cm³/mol. The maximum absolute atomic E-state index is 13.1. The zero-order chi connectivity index (χ0) is 28.9. The predicted octanol–water partition coefficient (Wildman–Crippen LogP) is 0.744. The summed E-state index contributed by atoms with van der Waals surface area (Å²) in [5, 5.41) is 27.5. The number of rotatable bonds is 15. The Morgan fingerprint density at radius 3 is 2.58 bits per heavy atom. The van der Waals surface area contributed by atoms with Gasteiger partial charge in [-0.15, -0.1) is 5.10 Å². The van der Waals surface area contributed by atoms with Crippen LogP contribution in [0.15, 0.2) is 40.8 Å². The van der Waals surface area contributed by atoms with Crippen molar-refractivity contribution in [2.75, 3.05) is 19.6 Å². The van der Waals surface area contributed by atoms with Gasteiger partial charge < -0.3 is 37.1 Å². The lowest BCUT2D eigenvalue weighted by Gasteiger charge is -2.22. The molecule has 0 radical (unpaired) electrons. The van der Waals surface area contributed by atoms with Crippen molar-refractivity contribution in [2.24, 2.45) is 22.0 Å². The van der Waals surface area contributed by atoms with Gasteiger partial charge in [-0.2, -0.15) is 5.53 Å². The molecule has 3 amide bonds. The van der Waals surface area contributed by atoms with Gasteiger partial charge in [-0.1, -0.05) is 23.4 Å². The molecule has 2 atom stereocenters. The maximum Gasteiger partial charge on any atom is 0.305 e. The third kappa shape index (κ3) is 9.45. The van der Waals surface area contributed by atoms with Gasteiger partial charge in [0.1, 0.15) is 11.9 Å². The molecule has 9 N–H and O–H groups in total. The summed E-state index contributed by atoms with van der Waals surface area (Å²) in [6.45, 7) is 1.59. The van der Waals surface area contributed by atoms with Crippen LogP contribution in [-0.2, 0) is 25.6 Å². The molecule has 2 unspecified atom stereocenters. The lowest BCUT2D eigenvalue weighted by atomic mass is 9.92. The van der Waals surface area contributed by atoms with Crippen molar-refractivity contribution in [3.8, 4) is 0 Å². The van der Waals surface area contributed by atoms with Gasteiger partial charge in [0.25, 0.3) is 0 Å². The Kier molecular flexibility index (Phi) is 11.6. The van der Waals surface area contributed by atoms with Gasteiger partial charge in [-0.05, 0) is 56.3 Å². The first-order chi connectivity index (χ1) is 19.3. The molecular weight excluding hydrogens is 518 g/mol. The number of amidine groups is 1. The molecule has 1 saturated heterocycles. The maximum atomic E-state index is 13.1. The topological polar surface area (TPSA) is 227 Å². The molecule has 3 rings (SSSR count). The molecule has 2 aromatic rings. The van der Waals surface area contributed by atoms with Gasteiger partial charge in [-0.3, -0.25) is 19.2 Å². The highest BCUT2D eigenvalue weighted by Gasteiger charge is 2.28. The summed E-state index contributed by atoms with van der Waals surface area (Å²) in [5.74, 6) is -2.67. The van der Waals surface area contributed by atoms with Crippen LogP contribution in [0.4, 0.5) is 0 Å². The zero-order valence-corrected chi connectivity index (χ0v) is 22.2. The van der Waals surface area contributed by atoms with Crippen LogP contribution in [-0.4, -0.2) is 71.3 Å². The number of nitrogens with two attached hydrogens (primary N) is 1. The third-order valence-corrected chi connectivity index (χ3v) is 6.89. The number of amides is 3. The van der Waals surface area contributed by atoms with Crippen LogP contribution in [0.1, 0.15) is 44.1 Å². The summed E-state index contributed by atoms with van der Waals surface area (Å²) in [6.07, 6.45) is 5.36. The van der Waals surface area contributed by atoms with E-state index in [2.05, 4.69) is 36.6 Å². The molecule has 216 valence electrons. The lowest BCUT2D eigenvalue weighted by molar-refractivity contribution is -0.140. The van der Waals surface area contributed by atoms with Gasteiger partial charge in [0.15, 0.2) is 0 Å². The number of H-pyrrole nitrogens is 1. The number of carbonyl (C=O) groups excluding carboxylic acids is 3. The average Bonchev–Trinajstić information content (AvgIpc) is 3.34. The van der Waals surface area contributed by atoms with Crippen LogP contribution in [0.25, 0.3) is 10.9 Å². The third-order valence-electron chi connectivity index (χ3n) is 6.89. The van der Waals surface area contributed by atoms with Crippen molar-refractivity contribution in [2.45, 2.75) is 57.0 Å². The molecule has 2 heterocycles. The summed E-state index contributed by atoms with van der Waals surface area (Å²) in [7, 11) is 0. The highest BCUT2D eigenvalue weighted by molar-refractivity contribution is 5.96. The normalized spacial score (nSPS) is 15.7. The fraction of sp³-hybridized carbons (Fsp3) is 0.500. The van der Waals surface area contributed by atoms with Crippen LogP contribution in [0.2, 0.25) is 0 Å². The molecule has 1 aromatic carbocycles. The van der Waals surface area contributed by atoms with E-state index in [0.717, 1.165) is 48.8 Å². The summed E-state index contributed by atoms with van der Waals surface area (Å²) in [4.78, 5) is 52.3. The van der Waals surface area contributed by atoms with Crippen molar-refractivity contribution in [1.82, 2.24) is 26.3 Å². The molecule has 0 saturated carbocycles. The summed E-state index contributed by atoms with van der Waals surface area (Å²) in [5.41, 5.74) is 14.6. The Morgan fingerprint density at radius 1 is 1.10 bits per heavy atom. The average molecular weight is 556 g/mol. The number of carbonyl (C=O) groups is 4. The molecule has 1 aromatic heterocycles. The van der Waals surface area contributed by atoms with Gasteiger partial charge >= 0.3 is 5.97 Å². The number of hydrogen-bond donors (Lipinski definition) is 8. The van der Waals surface area contributed by atoms with E-state index in [1.807, 2.05) is 24.3 Å². The number of aromatic amines is 1. The van der Waals surface area contributed by atoms with E-state index in [-0.39, 0.29) is 24.6 Å². The number of hydrogen-bond acceptors (Lipinski definition) is 7. The minimum absolute atomic E-state index is 0.161. The first-order valence-corrected chi connectivity index (χ1v) is 13.3. The molecule has 0 bridgehead atoms. The monoisotopic (exact) mass is 555 g/mol. The van der Waals surface area contributed by atoms with Crippen molar-refractivity contribution in [3.05, 3.63) is 36.0 Å². The van der Waals surface area contributed by atoms with E-state index < -0.39 is 42.8 Å². The minimum Gasteiger partial charge on any atom is -0.481 e. The van der Waals surface area contributed by atoms with E-state index in [4.69, 9.17) is 11.3 Å². The van der Waals surface area contributed by atoms with Crippen LogP contribution in [0.3, 0.4) is 0 Å². The van der Waals surface area contributed by atoms with E-state index in [0.29, 0.717) is 12.3 Å². The standard InChI is InChI=1S/C26H37N9O5/c27-25(34-35-28)20(12-17-14-30-19-6-2-1-5-18(17)19)33-26(40)21(13-24(38)39)32-23(37)15-31-22(36)7-3-4-16-8-10-29-11-9-16/h1-2,5-6,14,16,20-21,29-30H,3-4,7-13,15H2,(H,31,36)(H,32,37)(H,33,40)(H,38,39)(H3,27,28,34). The molecule has 0 spiro atoms. The number of fused-ring (bicyclic) bond motifs is 1. The molecule has 1 aliphatic heterocycles. The second-order valence-electron chi connectivity index (χ2n) is 9.83. The van der Waals surface area contributed by atoms with Crippen LogP contribution < -0.4 is 27.0 Å². The Bertz CT molecular complexity index is 1220. The number of aliphatic carboxylic acids is 1. The molecule has 40 heavy (non-hydrogen) atoms. The quantitative estimate of drug-likeness (QED) is 0.0679. The largest absolute Gasteiger partial charge is 0.481 e. The van der Waals surface area contributed by atoms with E-state index >= 15 is 0 Å². The number of nitrogens with zero attached hydrogens (tertiary/aromatic N) is 2. The first-order valence-electron chi connectivity index (χ1n) is 13.3. The smallest absolute Gasteiger partial charge is 0.305 e. The first kappa shape index (κ1) is 30.2.